The lowest BCUT2D eigenvalue weighted by Gasteiger charge is -2.14. The highest BCUT2D eigenvalue weighted by Crippen LogP contribution is 2.33. The first-order valence-electron chi connectivity index (χ1n) is 11.5. The van der Waals surface area contributed by atoms with E-state index in [0.29, 0.717) is 27.2 Å². The van der Waals surface area contributed by atoms with E-state index in [4.69, 9.17) is 23.8 Å². The summed E-state index contributed by atoms with van der Waals surface area (Å²) in [5, 5.41) is 3.61. The number of thiocarbonyl (C=S) groups is 1. The molecule has 0 radical (unpaired) electrons. The highest BCUT2D eigenvalue weighted by Gasteiger charge is 2.31. The van der Waals surface area contributed by atoms with Gasteiger partial charge in [-0.2, -0.15) is 0 Å². The molecule has 4 nitrogen and oxygen atoms in total. The number of carbonyl (C=O) groups is 2. The Balaban J connectivity index is 1.18. The van der Waals surface area contributed by atoms with Crippen LogP contribution in [0.25, 0.3) is 17.2 Å². The van der Waals surface area contributed by atoms with Gasteiger partial charge < -0.3 is 5.32 Å². The summed E-state index contributed by atoms with van der Waals surface area (Å²) in [6.45, 7) is 0.561. The van der Waals surface area contributed by atoms with E-state index in [-0.39, 0.29) is 11.8 Å². The number of nitrogens with one attached hydrogen (secondary N) is 1. The summed E-state index contributed by atoms with van der Waals surface area (Å²) >= 11 is 12.7. The summed E-state index contributed by atoms with van der Waals surface area (Å²) in [5.41, 5.74) is 3.96. The Morgan fingerprint density at radius 1 is 0.914 bits per heavy atom. The Hall–Kier alpha value is -2.93. The van der Waals surface area contributed by atoms with Gasteiger partial charge in [-0.05, 0) is 59.9 Å². The van der Waals surface area contributed by atoms with Crippen molar-refractivity contribution in [1.82, 2.24) is 4.90 Å². The standard InChI is InChI=1S/C28H25ClN2O2S2/c29-23-14-10-20(11-15-23)19-25-27(33)31(28(34)35-25)18-6-2-5-9-26(32)30-24-16-12-22(13-17-24)21-7-3-1-4-8-21/h1,3-4,7-8,10-17,19H,2,5-6,9,18H2,(H,30,32). The van der Waals surface area contributed by atoms with E-state index in [2.05, 4.69) is 17.4 Å². The molecule has 0 bridgehead atoms. The molecule has 1 N–H and O–H groups in total. The maximum Gasteiger partial charge on any atom is 0.266 e. The first kappa shape index (κ1) is 25.2. The fraction of sp³-hybridized carbons (Fsp3) is 0.179. The topological polar surface area (TPSA) is 49.4 Å². The maximum absolute atomic E-state index is 12.7. The smallest absolute Gasteiger partial charge is 0.266 e. The van der Waals surface area contributed by atoms with Gasteiger partial charge in [-0.1, -0.05) is 96.6 Å². The van der Waals surface area contributed by atoms with Crippen LogP contribution >= 0.6 is 35.6 Å². The van der Waals surface area contributed by atoms with Crippen LogP contribution in [0.4, 0.5) is 5.69 Å². The molecular formula is C28H25ClN2O2S2. The number of halogens is 1. The lowest BCUT2D eigenvalue weighted by molar-refractivity contribution is -0.122. The van der Waals surface area contributed by atoms with Gasteiger partial charge in [0.2, 0.25) is 5.91 Å². The SMILES string of the molecule is O=C(CCCCCN1C(=O)C(=Cc2ccc(Cl)cc2)SC1=S)Nc1ccc(-c2ccccc2)cc1. The van der Waals surface area contributed by atoms with Crippen LogP contribution in [0, 0.1) is 0 Å². The predicted octanol–water partition coefficient (Wildman–Crippen LogP) is 7.41. The molecule has 7 heteroatoms. The van der Waals surface area contributed by atoms with Crippen LogP contribution in [0.3, 0.4) is 0 Å². The minimum atomic E-state index is -0.0633. The van der Waals surface area contributed by atoms with Crippen molar-refractivity contribution in [2.24, 2.45) is 0 Å². The van der Waals surface area contributed by atoms with E-state index in [1.54, 1.807) is 17.0 Å². The van der Waals surface area contributed by atoms with Crippen molar-refractivity contribution in [2.75, 3.05) is 11.9 Å². The number of unbranched alkanes of at least 4 members (excludes halogenated alkanes) is 2. The average molecular weight is 521 g/mol. The van der Waals surface area contributed by atoms with E-state index in [9.17, 15) is 9.59 Å². The Bertz CT molecular complexity index is 1230. The van der Waals surface area contributed by atoms with Crippen LogP contribution in [0.2, 0.25) is 5.02 Å². The van der Waals surface area contributed by atoms with E-state index in [1.807, 2.05) is 60.7 Å². The molecule has 3 aromatic carbocycles. The van der Waals surface area contributed by atoms with Crippen LogP contribution in [0.1, 0.15) is 31.2 Å². The third-order valence-electron chi connectivity index (χ3n) is 5.60. The number of rotatable bonds is 9. The van der Waals surface area contributed by atoms with Gasteiger partial charge in [-0.3, -0.25) is 14.5 Å². The monoisotopic (exact) mass is 520 g/mol. The molecule has 0 unspecified atom stereocenters. The second-order valence-corrected chi connectivity index (χ2v) is 10.3. The summed E-state index contributed by atoms with van der Waals surface area (Å²) in [5.74, 6) is -0.0689. The number of hydrogen-bond donors (Lipinski definition) is 1. The molecule has 0 saturated carbocycles. The van der Waals surface area contributed by atoms with Crippen molar-refractivity contribution in [2.45, 2.75) is 25.7 Å². The molecule has 3 aromatic rings. The quantitative estimate of drug-likeness (QED) is 0.181. The number of thioether (sulfide) groups is 1. The van der Waals surface area contributed by atoms with Gasteiger partial charge in [-0.25, -0.2) is 0 Å². The normalized spacial score (nSPS) is 14.5. The van der Waals surface area contributed by atoms with Gasteiger partial charge in [-0.15, -0.1) is 0 Å². The van der Waals surface area contributed by atoms with Gasteiger partial charge >= 0.3 is 0 Å². The number of carbonyl (C=O) groups excluding carboxylic acids is 2. The summed E-state index contributed by atoms with van der Waals surface area (Å²) in [4.78, 5) is 27.3. The van der Waals surface area contributed by atoms with E-state index < -0.39 is 0 Å². The Morgan fingerprint density at radius 3 is 2.31 bits per heavy atom. The maximum atomic E-state index is 12.7. The van der Waals surface area contributed by atoms with Crippen LogP contribution < -0.4 is 5.32 Å². The van der Waals surface area contributed by atoms with E-state index in [0.717, 1.165) is 41.6 Å². The Morgan fingerprint density at radius 2 is 1.60 bits per heavy atom. The number of amides is 2. The molecular weight excluding hydrogens is 496 g/mol. The van der Waals surface area contributed by atoms with Crippen molar-refractivity contribution < 1.29 is 9.59 Å². The van der Waals surface area contributed by atoms with Crippen molar-refractivity contribution in [3.05, 3.63) is 94.4 Å². The zero-order valence-corrected chi connectivity index (χ0v) is 21.5. The molecule has 35 heavy (non-hydrogen) atoms. The van der Waals surface area contributed by atoms with Crippen molar-refractivity contribution in [1.29, 1.82) is 0 Å². The van der Waals surface area contributed by atoms with Crippen LogP contribution in [-0.2, 0) is 9.59 Å². The van der Waals surface area contributed by atoms with Crippen LogP contribution in [0.15, 0.2) is 83.8 Å². The van der Waals surface area contributed by atoms with Gasteiger partial charge in [0.1, 0.15) is 4.32 Å². The van der Waals surface area contributed by atoms with Crippen LogP contribution in [0.5, 0.6) is 0 Å². The van der Waals surface area contributed by atoms with Crippen molar-refractivity contribution >= 4 is 63.5 Å². The minimum Gasteiger partial charge on any atom is -0.326 e. The molecule has 0 aliphatic carbocycles. The zero-order chi connectivity index (χ0) is 24.6. The summed E-state index contributed by atoms with van der Waals surface area (Å²) in [7, 11) is 0. The fourth-order valence-electron chi connectivity index (χ4n) is 3.74. The number of benzene rings is 3. The van der Waals surface area contributed by atoms with Crippen LogP contribution in [-0.4, -0.2) is 27.6 Å². The molecule has 1 fully saturated rings. The second kappa shape index (κ2) is 12.2. The summed E-state index contributed by atoms with van der Waals surface area (Å²) in [6, 6.07) is 25.3. The summed E-state index contributed by atoms with van der Waals surface area (Å²) < 4.78 is 0.576. The molecule has 1 aliphatic heterocycles. The lowest BCUT2D eigenvalue weighted by atomic mass is 10.1. The van der Waals surface area contributed by atoms with Gasteiger partial charge in [0.15, 0.2) is 0 Å². The highest BCUT2D eigenvalue weighted by atomic mass is 35.5. The Labute approximate surface area is 220 Å². The molecule has 0 atom stereocenters. The fourth-order valence-corrected chi connectivity index (χ4v) is 5.17. The largest absolute Gasteiger partial charge is 0.326 e. The molecule has 1 aliphatic rings. The van der Waals surface area contributed by atoms with Crippen molar-refractivity contribution in [3.63, 3.8) is 0 Å². The first-order chi connectivity index (χ1) is 17.0. The minimum absolute atomic E-state index is 0.00558. The molecule has 1 heterocycles. The molecule has 4 rings (SSSR count). The molecule has 178 valence electrons. The Kier molecular flexibility index (Phi) is 8.74. The number of anilines is 1. The van der Waals surface area contributed by atoms with Gasteiger partial charge in [0.05, 0.1) is 4.91 Å². The van der Waals surface area contributed by atoms with Gasteiger partial charge in [0.25, 0.3) is 5.91 Å². The van der Waals surface area contributed by atoms with E-state index >= 15 is 0 Å². The molecule has 0 spiro atoms. The molecule has 0 aromatic heterocycles. The summed E-state index contributed by atoms with van der Waals surface area (Å²) in [6.07, 6.45) is 4.67. The number of hydrogen-bond acceptors (Lipinski definition) is 4. The second-order valence-electron chi connectivity index (χ2n) is 8.19. The lowest BCUT2D eigenvalue weighted by Crippen LogP contribution is -2.29. The third-order valence-corrected chi connectivity index (χ3v) is 7.23. The molecule has 1 saturated heterocycles. The van der Waals surface area contributed by atoms with Crippen molar-refractivity contribution in [3.8, 4) is 11.1 Å². The van der Waals surface area contributed by atoms with E-state index in [1.165, 1.54) is 11.8 Å². The number of nitrogens with zero attached hydrogens (tertiary/aromatic N) is 1. The first-order valence-corrected chi connectivity index (χ1v) is 13.1. The van der Waals surface area contributed by atoms with Gasteiger partial charge in [0, 0.05) is 23.7 Å². The third kappa shape index (κ3) is 7.04. The highest BCUT2D eigenvalue weighted by molar-refractivity contribution is 8.26. The predicted molar refractivity (Wildman–Crippen MR) is 150 cm³/mol. The average Bonchev–Trinajstić information content (AvgIpc) is 3.13. The molecule has 2 amide bonds. The zero-order valence-electron chi connectivity index (χ0n) is 19.1.